The molecule has 2 aromatic rings. The summed E-state index contributed by atoms with van der Waals surface area (Å²) in [7, 11) is 0. The Balaban J connectivity index is 1.39. The summed E-state index contributed by atoms with van der Waals surface area (Å²) in [5.74, 6) is 0.365. The molecule has 4 rings (SSSR count). The molecule has 1 saturated heterocycles. The minimum absolute atomic E-state index is 0.0939. The smallest absolute Gasteiger partial charge is 0.339 e. The van der Waals surface area contributed by atoms with E-state index in [1.54, 1.807) is 18.3 Å². The van der Waals surface area contributed by atoms with E-state index in [2.05, 4.69) is 15.2 Å². The Kier molecular flexibility index (Phi) is 4.09. The van der Waals surface area contributed by atoms with Gasteiger partial charge in [0, 0.05) is 18.7 Å². The lowest BCUT2D eigenvalue weighted by atomic mass is 10.0. The number of benzene rings is 1. The molecular formula is C19H19N3O3. The quantitative estimate of drug-likeness (QED) is 0.869. The SMILES string of the molecule is O=C(C[C@H]1OC(=O)c2ccccc21)Nc1ccc(N2CCCC2)nc1. The van der Waals surface area contributed by atoms with Crippen LogP contribution in [0.15, 0.2) is 42.6 Å². The van der Waals surface area contributed by atoms with Crippen molar-refractivity contribution in [2.45, 2.75) is 25.4 Å². The molecule has 1 amide bonds. The molecule has 1 aromatic carbocycles. The number of fused-ring (bicyclic) bond motifs is 1. The average molecular weight is 337 g/mol. The monoisotopic (exact) mass is 337 g/mol. The Hall–Kier alpha value is -2.89. The van der Waals surface area contributed by atoms with Crippen LogP contribution < -0.4 is 10.2 Å². The summed E-state index contributed by atoms with van der Waals surface area (Å²) in [5.41, 5.74) is 1.95. The van der Waals surface area contributed by atoms with Crippen molar-refractivity contribution in [3.8, 4) is 0 Å². The highest BCUT2D eigenvalue weighted by atomic mass is 16.5. The van der Waals surface area contributed by atoms with Crippen LogP contribution in [0, 0.1) is 0 Å². The van der Waals surface area contributed by atoms with Crippen molar-refractivity contribution in [1.82, 2.24) is 4.98 Å². The Morgan fingerprint density at radius 1 is 1.20 bits per heavy atom. The number of carbonyl (C=O) groups excluding carboxylic acids is 2. The minimum atomic E-state index is -0.527. The number of pyridine rings is 1. The molecule has 128 valence electrons. The summed E-state index contributed by atoms with van der Waals surface area (Å²) in [6.07, 6.45) is 3.63. The summed E-state index contributed by atoms with van der Waals surface area (Å²) >= 11 is 0. The highest BCUT2D eigenvalue weighted by molar-refractivity contribution is 5.96. The molecule has 2 aliphatic rings. The molecule has 0 bridgehead atoms. The fraction of sp³-hybridized carbons (Fsp3) is 0.316. The summed E-state index contributed by atoms with van der Waals surface area (Å²) in [4.78, 5) is 30.8. The summed E-state index contributed by atoms with van der Waals surface area (Å²) in [6.45, 7) is 2.07. The average Bonchev–Trinajstić information content (AvgIpc) is 3.25. The van der Waals surface area contributed by atoms with Gasteiger partial charge in [-0.1, -0.05) is 18.2 Å². The molecule has 0 spiro atoms. The van der Waals surface area contributed by atoms with E-state index in [4.69, 9.17) is 4.74 Å². The van der Waals surface area contributed by atoms with Crippen LogP contribution in [0.3, 0.4) is 0 Å². The molecule has 0 saturated carbocycles. The van der Waals surface area contributed by atoms with Crippen molar-refractivity contribution in [2.75, 3.05) is 23.3 Å². The maximum absolute atomic E-state index is 12.3. The first kappa shape index (κ1) is 15.6. The van der Waals surface area contributed by atoms with Crippen LogP contribution in [-0.4, -0.2) is 29.9 Å². The van der Waals surface area contributed by atoms with Crippen molar-refractivity contribution in [2.24, 2.45) is 0 Å². The van der Waals surface area contributed by atoms with Gasteiger partial charge in [-0.3, -0.25) is 4.79 Å². The van der Waals surface area contributed by atoms with Crippen LogP contribution in [0.25, 0.3) is 0 Å². The second-order valence-electron chi connectivity index (χ2n) is 6.33. The van der Waals surface area contributed by atoms with Gasteiger partial charge < -0.3 is 15.0 Å². The number of ether oxygens (including phenoxy) is 1. The van der Waals surface area contributed by atoms with E-state index >= 15 is 0 Å². The molecule has 6 nitrogen and oxygen atoms in total. The number of cyclic esters (lactones) is 1. The molecule has 1 N–H and O–H groups in total. The largest absolute Gasteiger partial charge is 0.453 e. The molecule has 0 aliphatic carbocycles. The maximum Gasteiger partial charge on any atom is 0.339 e. The van der Waals surface area contributed by atoms with Crippen molar-refractivity contribution in [3.05, 3.63) is 53.7 Å². The van der Waals surface area contributed by atoms with E-state index in [1.807, 2.05) is 24.3 Å². The first-order valence-electron chi connectivity index (χ1n) is 8.51. The zero-order valence-electron chi connectivity index (χ0n) is 13.8. The second kappa shape index (κ2) is 6.55. The summed E-state index contributed by atoms with van der Waals surface area (Å²) in [5, 5.41) is 2.82. The molecule has 1 atom stereocenters. The third-order valence-electron chi connectivity index (χ3n) is 4.61. The molecule has 6 heteroatoms. The Bertz CT molecular complexity index is 798. The van der Waals surface area contributed by atoms with Crippen LogP contribution in [0.4, 0.5) is 11.5 Å². The van der Waals surface area contributed by atoms with Crippen LogP contribution in [0.1, 0.15) is 41.3 Å². The van der Waals surface area contributed by atoms with Crippen LogP contribution in [-0.2, 0) is 9.53 Å². The zero-order valence-corrected chi connectivity index (χ0v) is 13.8. The van der Waals surface area contributed by atoms with Gasteiger partial charge >= 0.3 is 5.97 Å². The van der Waals surface area contributed by atoms with Crippen LogP contribution >= 0.6 is 0 Å². The number of nitrogens with one attached hydrogen (secondary N) is 1. The van der Waals surface area contributed by atoms with E-state index in [9.17, 15) is 9.59 Å². The summed E-state index contributed by atoms with van der Waals surface area (Å²) < 4.78 is 5.30. The molecule has 2 aliphatic heterocycles. The molecule has 3 heterocycles. The molecule has 1 fully saturated rings. The van der Waals surface area contributed by atoms with Gasteiger partial charge in [0.05, 0.1) is 23.9 Å². The highest BCUT2D eigenvalue weighted by Gasteiger charge is 2.32. The number of esters is 1. The van der Waals surface area contributed by atoms with Gasteiger partial charge in [-0.2, -0.15) is 0 Å². The number of amides is 1. The Labute approximate surface area is 145 Å². The van der Waals surface area contributed by atoms with Gasteiger partial charge in [-0.05, 0) is 31.0 Å². The van der Waals surface area contributed by atoms with Gasteiger partial charge in [-0.15, -0.1) is 0 Å². The van der Waals surface area contributed by atoms with Crippen LogP contribution in [0.2, 0.25) is 0 Å². The predicted octanol–water partition coefficient (Wildman–Crippen LogP) is 2.92. The van der Waals surface area contributed by atoms with Gasteiger partial charge in [0.2, 0.25) is 5.91 Å². The summed E-state index contributed by atoms with van der Waals surface area (Å²) in [6, 6.07) is 10.9. The third kappa shape index (κ3) is 3.20. The first-order chi connectivity index (χ1) is 12.2. The number of nitrogens with zero attached hydrogens (tertiary/aromatic N) is 2. The molecular weight excluding hydrogens is 318 g/mol. The third-order valence-corrected chi connectivity index (χ3v) is 4.61. The predicted molar refractivity (Wildman–Crippen MR) is 93.5 cm³/mol. The Morgan fingerprint density at radius 2 is 2.00 bits per heavy atom. The highest BCUT2D eigenvalue weighted by Crippen LogP contribution is 2.33. The number of anilines is 2. The normalized spacial score (nSPS) is 18.8. The van der Waals surface area contributed by atoms with Gasteiger partial charge in [0.15, 0.2) is 0 Å². The van der Waals surface area contributed by atoms with E-state index < -0.39 is 6.10 Å². The fourth-order valence-corrected chi connectivity index (χ4v) is 3.35. The van der Waals surface area contributed by atoms with Crippen molar-refractivity contribution in [3.63, 3.8) is 0 Å². The van der Waals surface area contributed by atoms with Crippen molar-refractivity contribution in [1.29, 1.82) is 0 Å². The molecule has 25 heavy (non-hydrogen) atoms. The van der Waals surface area contributed by atoms with E-state index in [0.29, 0.717) is 11.3 Å². The number of hydrogen-bond acceptors (Lipinski definition) is 5. The van der Waals surface area contributed by atoms with Gasteiger partial charge in [0.25, 0.3) is 0 Å². The number of carbonyl (C=O) groups is 2. The lowest BCUT2D eigenvalue weighted by Gasteiger charge is -2.16. The van der Waals surface area contributed by atoms with E-state index in [-0.39, 0.29) is 18.3 Å². The molecule has 0 radical (unpaired) electrons. The number of hydrogen-bond donors (Lipinski definition) is 1. The minimum Gasteiger partial charge on any atom is -0.453 e. The van der Waals surface area contributed by atoms with Gasteiger partial charge in [-0.25, -0.2) is 9.78 Å². The number of aromatic nitrogens is 1. The van der Waals surface area contributed by atoms with Crippen molar-refractivity contribution < 1.29 is 14.3 Å². The van der Waals surface area contributed by atoms with E-state index in [0.717, 1.165) is 24.5 Å². The molecule has 0 unspecified atom stereocenters. The lowest BCUT2D eigenvalue weighted by molar-refractivity contribution is -0.118. The van der Waals surface area contributed by atoms with Crippen molar-refractivity contribution >= 4 is 23.4 Å². The van der Waals surface area contributed by atoms with Crippen LogP contribution in [0.5, 0.6) is 0 Å². The fourth-order valence-electron chi connectivity index (χ4n) is 3.35. The second-order valence-corrected chi connectivity index (χ2v) is 6.33. The lowest BCUT2D eigenvalue weighted by Crippen LogP contribution is -2.19. The van der Waals surface area contributed by atoms with E-state index in [1.165, 1.54) is 12.8 Å². The molecule has 1 aromatic heterocycles. The van der Waals surface area contributed by atoms with Gasteiger partial charge in [0.1, 0.15) is 11.9 Å². The zero-order chi connectivity index (χ0) is 17.2. The topological polar surface area (TPSA) is 71.5 Å². The first-order valence-corrected chi connectivity index (χ1v) is 8.51. The maximum atomic E-state index is 12.3. The Morgan fingerprint density at radius 3 is 2.76 bits per heavy atom. The number of rotatable bonds is 4. The standard InChI is InChI=1S/C19H19N3O3/c23-18(11-16-14-5-1-2-6-15(14)19(24)25-16)21-13-7-8-17(20-12-13)22-9-3-4-10-22/h1-2,5-8,12,16H,3-4,9-11H2,(H,21,23)/t16-/m1/s1.